The fourth-order valence-corrected chi connectivity index (χ4v) is 3.86. The third-order valence-corrected chi connectivity index (χ3v) is 5.67. The standard InChI is InChI=1S/C13H23N5O4S.ClH/c1-10-15-12(8-16(10)2)23(20,21)18-6-4-17(5-7-18)13(19)11(14)9-22-3;/h8,11H,4-7,9,14H2,1-3H3;1H. The molecule has 1 aliphatic rings. The highest BCUT2D eigenvalue weighted by molar-refractivity contribution is 7.89. The maximum Gasteiger partial charge on any atom is 0.262 e. The van der Waals surface area contributed by atoms with Gasteiger partial charge in [0.25, 0.3) is 10.0 Å². The van der Waals surface area contributed by atoms with E-state index >= 15 is 0 Å². The van der Waals surface area contributed by atoms with Crippen molar-refractivity contribution in [2.75, 3.05) is 39.9 Å². The number of piperazine rings is 1. The van der Waals surface area contributed by atoms with Crippen molar-refractivity contribution in [1.29, 1.82) is 0 Å². The van der Waals surface area contributed by atoms with E-state index in [9.17, 15) is 13.2 Å². The molecular formula is C13H24ClN5O4S. The van der Waals surface area contributed by atoms with Gasteiger partial charge in [-0.3, -0.25) is 4.79 Å². The molecule has 9 nitrogen and oxygen atoms in total. The van der Waals surface area contributed by atoms with Crippen molar-refractivity contribution in [3.8, 4) is 0 Å². The summed E-state index contributed by atoms with van der Waals surface area (Å²) in [6, 6.07) is -0.721. The highest BCUT2D eigenvalue weighted by atomic mass is 35.5. The molecule has 0 aliphatic carbocycles. The highest BCUT2D eigenvalue weighted by Gasteiger charge is 2.33. The number of rotatable bonds is 5. The number of imidazole rings is 1. The van der Waals surface area contributed by atoms with Crippen LogP contribution in [0.2, 0.25) is 0 Å². The third kappa shape index (κ3) is 4.25. The van der Waals surface area contributed by atoms with E-state index in [2.05, 4.69) is 4.98 Å². The van der Waals surface area contributed by atoms with Crippen LogP contribution in [-0.2, 0) is 26.6 Å². The minimum absolute atomic E-state index is 0. The summed E-state index contributed by atoms with van der Waals surface area (Å²) in [6.07, 6.45) is 1.50. The minimum Gasteiger partial charge on any atom is -0.383 e. The van der Waals surface area contributed by atoms with E-state index in [1.165, 1.54) is 17.6 Å². The Labute approximate surface area is 148 Å². The number of hydrogen-bond acceptors (Lipinski definition) is 6. The van der Waals surface area contributed by atoms with Gasteiger partial charge in [-0.05, 0) is 6.92 Å². The van der Waals surface area contributed by atoms with E-state index in [0.717, 1.165) is 0 Å². The van der Waals surface area contributed by atoms with Gasteiger partial charge >= 0.3 is 0 Å². The minimum atomic E-state index is -3.64. The summed E-state index contributed by atoms with van der Waals surface area (Å²) in [5.74, 6) is 0.403. The first-order chi connectivity index (χ1) is 10.8. The number of nitrogens with two attached hydrogens (primary N) is 1. The molecule has 0 radical (unpaired) electrons. The topological polar surface area (TPSA) is 111 Å². The molecule has 1 aliphatic heterocycles. The molecule has 1 amide bonds. The number of hydrogen-bond donors (Lipinski definition) is 1. The highest BCUT2D eigenvalue weighted by Crippen LogP contribution is 2.17. The Morgan fingerprint density at radius 1 is 1.38 bits per heavy atom. The average Bonchev–Trinajstić information content (AvgIpc) is 2.87. The fraction of sp³-hybridized carbons (Fsp3) is 0.692. The average molecular weight is 382 g/mol. The molecule has 24 heavy (non-hydrogen) atoms. The number of sulfonamides is 1. The van der Waals surface area contributed by atoms with Crippen molar-refractivity contribution in [2.45, 2.75) is 18.0 Å². The molecule has 2 heterocycles. The molecular weight excluding hydrogens is 358 g/mol. The van der Waals surface area contributed by atoms with Crippen LogP contribution in [0.3, 0.4) is 0 Å². The summed E-state index contributed by atoms with van der Waals surface area (Å²) in [4.78, 5) is 17.7. The molecule has 2 rings (SSSR count). The predicted octanol–water partition coefficient (Wildman–Crippen LogP) is -1.04. The van der Waals surface area contributed by atoms with Gasteiger partial charge in [0.15, 0.2) is 5.03 Å². The van der Waals surface area contributed by atoms with Crippen molar-refractivity contribution in [1.82, 2.24) is 18.8 Å². The Morgan fingerprint density at radius 2 is 1.96 bits per heavy atom. The van der Waals surface area contributed by atoms with Gasteiger partial charge < -0.3 is 19.9 Å². The normalized spacial score (nSPS) is 17.4. The summed E-state index contributed by atoms with van der Waals surface area (Å²) in [7, 11) is -0.412. The Bertz CT molecular complexity index is 650. The lowest BCUT2D eigenvalue weighted by molar-refractivity contribution is -0.134. The summed E-state index contributed by atoms with van der Waals surface area (Å²) < 4.78 is 33.0. The number of carbonyl (C=O) groups is 1. The van der Waals surface area contributed by atoms with Crippen molar-refractivity contribution in [2.24, 2.45) is 12.8 Å². The zero-order valence-corrected chi connectivity index (χ0v) is 15.6. The lowest BCUT2D eigenvalue weighted by Crippen LogP contribution is -2.55. The SMILES string of the molecule is COCC(N)C(=O)N1CCN(S(=O)(=O)c2cn(C)c(C)n2)CC1.Cl. The quantitative estimate of drug-likeness (QED) is 0.697. The molecule has 0 saturated carbocycles. The first kappa shape index (κ1) is 20.8. The van der Waals surface area contributed by atoms with E-state index < -0.39 is 16.1 Å². The van der Waals surface area contributed by atoms with E-state index in [1.54, 1.807) is 23.4 Å². The van der Waals surface area contributed by atoms with Gasteiger partial charge in [0.2, 0.25) is 5.91 Å². The molecule has 2 N–H and O–H groups in total. The number of halogens is 1. The number of amides is 1. The van der Waals surface area contributed by atoms with Crippen LogP contribution in [0.4, 0.5) is 0 Å². The van der Waals surface area contributed by atoms with Crippen LogP contribution >= 0.6 is 12.4 Å². The first-order valence-corrected chi connectivity index (χ1v) is 8.74. The lowest BCUT2D eigenvalue weighted by atomic mass is 10.2. The Hall–Kier alpha value is -1.20. The van der Waals surface area contributed by atoms with Gasteiger partial charge in [-0.2, -0.15) is 4.31 Å². The van der Waals surface area contributed by atoms with E-state index in [4.69, 9.17) is 10.5 Å². The second kappa shape index (κ2) is 8.26. The Morgan fingerprint density at radius 3 is 2.42 bits per heavy atom. The van der Waals surface area contributed by atoms with Crippen molar-refractivity contribution in [3.63, 3.8) is 0 Å². The molecule has 0 bridgehead atoms. The fourth-order valence-electron chi connectivity index (χ4n) is 2.42. The van der Waals surface area contributed by atoms with E-state index in [-0.39, 0.29) is 43.0 Å². The number of methoxy groups -OCH3 is 1. The molecule has 1 fully saturated rings. The molecule has 0 spiro atoms. The summed E-state index contributed by atoms with van der Waals surface area (Å²) in [5, 5.41) is 0.0355. The number of aromatic nitrogens is 2. The zero-order valence-electron chi connectivity index (χ0n) is 14.0. The smallest absolute Gasteiger partial charge is 0.262 e. The molecule has 1 unspecified atom stereocenters. The van der Waals surface area contributed by atoms with Crippen molar-refractivity contribution in [3.05, 3.63) is 12.0 Å². The summed E-state index contributed by atoms with van der Waals surface area (Å²) >= 11 is 0. The largest absolute Gasteiger partial charge is 0.383 e. The van der Waals surface area contributed by atoms with Gasteiger partial charge in [-0.1, -0.05) is 0 Å². The molecule has 1 aromatic heterocycles. The second-order valence-electron chi connectivity index (χ2n) is 5.53. The Kier molecular flexibility index (Phi) is 7.17. The monoisotopic (exact) mass is 381 g/mol. The van der Waals surface area contributed by atoms with Gasteiger partial charge in [0.1, 0.15) is 11.9 Å². The van der Waals surface area contributed by atoms with Crippen molar-refractivity contribution >= 4 is 28.3 Å². The summed E-state index contributed by atoms with van der Waals surface area (Å²) in [6.45, 7) is 2.95. The van der Waals surface area contributed by atoms with Crippen LogP contribution in [0.5, 0.6) is 0 Å². The predicted molar refractivity (Wildman–Crippen MR) is 90.4 cm³/mol. The van der Waals surface area contributed by atoms with Crippen LogP contribution in [0.1, 0.15) is 5.82 Å². The Balaban J connectivity index is 0.00000288. The lowest BCUT2D eigenvalue weighted by Gasteiger charge is -2.34. The van der Waals surface area contributed by atoms with Gasteiger partial charge in [0.05, 0.1) is 6.61 Å². The number of carbonyl (C=O) groups excluding carboxylic acids is 1. The first-order valence-electron chi connectivity index (χ1n) is 7.30. The summed E-state index contributed by atoms with van der Waals surface area (Å²) in [5.41, 5.74) is 5.73. The van der Waals surface area contributed by atoms with Gasteiger partial charge in [-0.15, -0.1) is 12.4 Å². The van der Waals surface area contributed by atoms with Crippen LogP contribution in [0, 0.1) is 6.92 Å². The maximum atomic E-state index is 12.6. The molecule has 0 aromatic carbocycles. The number of nitrogens with zero attached hydrogens (tertiary/aromatic N) is 4. The third-order valence-electron chi connectivity index (χ3n) is 3.90. The molecule has 1 saturated heterocycles. The zero-order chi connectivity index (χ0) is 17.2. The van der Waals surface area contributed by atoms with Crippen LogP contribution in [0.25, 0.3) is 0 Å². The molecule has 1 atom stereocenters. The molecule has 11 heteroatoms. The maximum absolute atomic E-state index is 12.6. The van der Waals surface area contributed by atoms with Gasteiger partial charge in [-0.25, -0.2) is 13.4 Å². The van der Waals surface area contributed by atoms with E-state index in [0.29, 0.717) is 18.9 Å². The van der Waals surface area contributed by atoms with Crippen LogP contribution < -0.4 is 5.73 Å². The van der Waals surface area contributed by atoms with Gasteiger partial charge in [0, 0.05) is 46.5 Å². The molecule has 1 aromatic rings. The van der Waals surface area contributed by atoms with E-state index in [1.807, 2.05) is 0 Å². The van der Waals surface area contributed by atoms with Crippen LogP contribution in [0.15, 0.2) is 11.2 Å². The number of ether oxygens (including phenoxy) is 1. The molecule has 138 valence electrons. The second-order valence-corrected chi connectivity index (χ2v) is 7.41. The van der Waals surface area contributed by atoms with Crippen molar-refractivity contribution < 1.29 is 17.9 Å². The number of aryl methyl sites for hydroxylation is 2. The van der Waals surface area contributed by atoms with Crippen LogP contribution in [-0.4, -0.2) is 79.0 Å².